The van der Waals surface area contributed by atoms with Crippen LogP contribution in [0.3, 0.4) is 0 Å². The molecule has 4 nitrogen and oxygen atoms in total. The van der Waals surface area contributed by atoms with E-state index >= 15 is 0 Å². The maximum atomic E-state index is 13.1. The Morgan fingerprint density at radius 2 is 1.81 bits per heavy atom. The van der Waals surface area contributed by atoms with Crippen LogP contribution in [0.15, 0.2) is 54.7 Å². The Kier molecular flexibility index (Phi) is 8.69. The number of pyridine rings is 1. The van der Waals surface area contributed by atoms with Crippen LogP contribution in [0.1, 0.15) is 60.7 Å². The van der Waals surface area contributed by atoms with Crippen LogP contribution in [-0.4, -0.2) is 29.5 Å². The summed E-state index contributed by atoms with van der Waals surface area (Å²) in [6.45, 7) is 5.84. The van der Waals surface area contributed by atoms with Gasteiger partial charge in [0.15, 0.2) is 0 Å². The molecule has 1 saturated heterocycles. The predicted molar refractivity (Wildman–Crippen MR) is 125 cm³/mol. The van der Waals surface area contributed by atoms with E-state index in [9.17, 15) is 31.1 Å². The number of hydrogen-bond donors (Lipinski definition) is 0. The number of nitrogens with zero attached hydrogens (tertiary/aromatic N) is 2. The van der Waals surface area contributed by atoms with Crippen molar-refractivity contribution in [1.29, 1.82) is 0 Å². The summed E-state index contributed by atoms with van der Waals surface area (Å²) in [4.78, 5) is 17.4. The molecule has 2 aromatic rings. The van der Waals surface area contributed by atoms with Crippen molar-refractivity contribution in [3.05, 3.63) is 77.1 Å². The Labute approximate surface area is 211 Å². The third-order valence-electron chi connectivity index (χ3n) is 6.20. The average molecular weight is 525 g/mol. The molecule has 0 N–H and O–H groups in total. The number of benzene rings is 1. The van der Waals surface area contributed by atoms with Gasteiger partial charge in [-0.1, -0.05) is 36.6 Å². The molecule has 1 aliphatic heterocycles. The highest BCUT2D eigenvalue weighted by molar-refractivity contribution is 5.69. The van der Waals surface area contributed by atoms with E-state index in [1.165, 1.54) is 25.3 Å². The van der Waals surface area contributed by atoms with Crippen LogP contribution in [0.5, 0.6) is 0 Å². The number of halogens is 6. The second-order valence-corrected chi connectivity index (χ2v) is 8.97. The van der Waals surface area contributed by atoms with Gasteiger partial charge in [-0.25, -0.2) is 0 Å². The summed E-state index contributed by atoms with van der Waals surface area (Å²) >= 11 is 0. The molecule has 0 saturated carbocycles. The van der Waals surface area contributed by atoms with Gasteiger partial charge in [-0.05, 0) is 60.6 Å². The van der Waals surface area contributed by atoms with E-state index in [1.54, 1.807) is 6.92 Å². The van der Waals surface area contributed by atoms with Crippen LogP contribution in [0.4, 0.5) is 26.3 Å². The number of piperidine rings is 1. The number of methoxy groups -OCH3 is 1. The third kappa shape index (κ3) is 7.35. The number of hydrogen-bond acceptors (Lipinski definition) is 4. The van der Waals surface area contributed by atoms with Crippen molar-refractivity contribution in [2.75, 3.05) is 13.7 Å². The Bertz CT molecular complexity index is 1160. The predicted octanol–water partition coefficient (Wildman–Crippen LogP) is 6.76. The van der Waals surface area contributed by atoms with Crippen LogP contribution in [0.25, 0.3) is 0 Å². The Balaban J connectivity index is 2.04. The largest absolute Gasteiger partial charge is 0.469 e. The van der Waals surface area contributed by atoms with Gasteiger partial charge in [-0.3, -0.25) is 14.7 Å². The number of allylic oxidation sites excluding steroid dienone is 1. The minimum absolute atomic E-state index is 0.100. The molecule has 1 fully saturated rings. The average Bonchev–Trinajstić information content (AvgIpc) is 2.84. The molecule has 1 aliphatic rings. The van der Waals surface area contributed by atoms with Crippen LogP contribution in [0, 0.1) is 17.8 Å². The topological polar surface area (TPSA) is 42.4 Å². The number of alkyl halides is 6. The first-order chi connectivity index (χ1) is 17.3. The van der Waals surface area contributed by atoms with Crippen LogP contribution in [-0.2, 0) is 21.9 Å². The molecule has 1 aromatic carbocycles. The number of rotatable bonds is 5. The van der Waals surface area contributed by atoms with Gasteiger partial charge in [0.05, 0.1) is 18.7 Å². The molecule has 198 valence electrons. The van der Waals surface area contributed by atoms with Crippen molar-refractivity contribution in [3.63, 3.8) is 0 Å². The van der Waals surface area contributed by atoms with E-state index in [4.69, 9.17) is 4.74 Å². The lowest BCUT2D eigenvalue weighted by molar-refractivity contribution is -0.142. The Morgan fingerprint density at radius 3 is 2.32 bits per heavy atom. The lowest BCUT2D eigenvalue weighted by Crippen LogP contribution is -2.39. The molecule has 0 radical (unpaired) electrons. The highest BCUT2D eigenvalue weighted by Crippen LogP contribution is 2.42. The molecule has 0 amide bonds. The lowest BCUT2D eigenvalue weighted by Gasteiger charge is -2.42. The SMILES string of the molecule is C=C(C)C#C[C@H](c1ccc(C(F)(F)F)nc1)N1CC[C@@H](CC(=O)OC)C[C@H]1c1ccc(C(F)(F)F)cc1. The molecule has 3 atom stereocenters. The van der Waals surface area contributed by atoms with Gasteiger partial charge in [-0.2, -0.15) is 26.3 Å². The summed E-state index contributed by atoms with van der Waals surface area (Å²) in [7, 11) is 1.28. The fourth-order valence-corrected chi connectivity index (χ4v) is 4.38. The number of esters is 1. The maximum Gasteiger partial charge on any atom is 0.433 e. The van der Waals surface area contributed by atoms with E-state index in [0.29, 0.717) is 36.1 Å². The monoisotopic (exact) mass is 524 g/mol. The highest BCUT2D eigenvalue weighted by Gasteiger charge is 2.37. The highest BCUT2D eigenvalue weighted by atomic mass is 19.4. The van der Waals surface area contributed by atoms with E-state index < -0.39 is 41.7 Å². The zero-order valence-corrected chi connectivity index (χ0v) is 20.3. The van der Waals surface area contributed by atoms with Gasteiger partial charge < -0.3 is 4.74 Å². The number of carbonyl (C=O) groups excluding carboxylic acids is 1. The first-order valence-electron chi connectivity index (χ1n) is 11.5. The Morgan fingerprint density at radius 1 is 1.14 bits per heavy atom. The van der Waals surface area contributed by atoms with E-state index in [-0.39, 0.29) is 12.3 Å². The molecule has 1 aromatic heterocycles. The maximum absolute atomic E-state index is 13.1. The molecule has 10 heteroatoms. The smallest absolute Gasteiger partial charge is 0.433 e. The van der Waals surface area contributed by atoms with Gasteiger partial charge >= 0.3 is 18.3 Å². The first-order valence-corrected chi connectivity index (χ1v) is 11.5. The quantitative estimate of drug-likeness (QED) is 0.246. The van der Waals surface area contributed by atoms with Gasteiger partial charge in [0.2, 0.25) is 0 Å². The summed E-state index contributed by atoms with van der Waals surface area (Å²) in [5.41, 5.74) is -0.319. The fourth-order valence-electron chi connectivity index (χ4n) is 4.38. The molecule has 3 rings (SSSR count). The van der Waals surface area contributed by atoms with Crippen molar-refractivity contribution >= 4 is 5.97 Å². The van der Waals surface area contributed by atoms with Crippen LogP contribution >= 0.6 is 0 Å². The van der Waals surface area contributed by atoms with E-state index in [0.717, 1.165) is 24.4 Å². The zero-order chi connectivity index (χ0) is 27.4. The van der Waals surface area contributed by atoms with Crippen LogP contribution < -0.4 is 0 Å². The lowest BCUT2D eigenvalue weighted by atomic mass is 9.83. The summed E-state index contributed by atoms with van der Waals surface area (Å²) in [5, 5.41) is 0. The summed E-state index contributed by atoms with van der Waals surface area (Å²) in [5.74, 6) is 5.44. The van der Waals surface area contributed by atoms with Crippen molar-refractivity contribution in [2.45, 2.75) is 50.6 Å². The zero-order valence-electron chi connectivity index (χ0n) is 20.3. The molecule has 37 heavy (non-hydrogen) atoms. The van der Waals surface area contributed by atoms with E-state index in [2.05, 4.69) is 23.4 Å². The molecule has 0 unspecified atom stereocenters. The van der Waals surface area contributed by atoms with Crippen molar-refractivity contribution < 1.29 is 35.9 Å². The fraction of sp³-hybridized carbons (Fsp3) is 0.407. The second kappa shape index (κ2) is 11.4. The standard InChI is InChI=1S/C27H26F6N2O2/c1-17(2)4-10-22(20-7-11-24(34-16-20)27(31,32)33)35-13-12-18(15-25(36)37-3)14-23(35)19-5-8-21(9-6-19)26(28,29)30/h5-9,11,16,18,22-23H,1,12-15H2,2-3H3/t18-,22-,23+/m1/s1. The number of ether oxygens (including phenoxy) is 1. The third-order valence-corrected chi connectivity index (χ3v) is 6.20. The normalized spacial score (nSPS) is 19.5. The summed E-state index contributed by atoms with van der Waals surface area (Å²) < 4.78 is 83.5. The minimum atomic E-state index is -4.60. The number of aromatic nitrogens is 1. The molecular formula is C27H26F6N2O2. The van der Waals surface area contributed by atoms with Gasteiger partial charge in [0.1, 0.15) is 5.69 Å². The van der Waals surface area contributed by atoms with E-state index in [1.807, 2.05) is 4.90 Å². The number of likely N-dealkylation sites (tertiary alicyclic amines) is 1. The minimum Gasteiger partial charge on any atom is -0.469 e. The van der Waals surface area contributed by atoms with Crippen molar-refractivity contribution in [2.24, 2.45) is 5.92 Å². The molecule has 0 aliphatic carbocycles. The van der Waals surface area contributed by atoms with Gasteiger partial charge in [0, 0.05) is 25.2 Å². The van der Waals surface area contributed by atoms with Crippen LogP contribution in [0.2, 0.25) is 0 Å². The number of carbonyl (C=O) groups is 1. The van der Waals surface area contributed by atoms with Gasteiger partial charge in [-0.15, -0.1) is 0 Å². The van der Waals surface area contributed by atoms with Crippen molar-refractivity contribution in [1.82, 2.24) is 9.88 Å². The Hall–Kier alpha value is -3.32. The summed E-state index contributed by atoms with van der Waals surface area (Å²) in [6.07, 6.45) is -6.87. The van der Waals surface area contributed by atoms with Crippen molar-refractivity contribution in [3.8, 4) is 11.8 Å². The summed E-state index contributed by atoms with van der Waals surface area (Å²) in [6, 6.07) is 5.76. The van der Waals surface area contributed by atoms with Gasteiger partial charge in [0.25, 0.3) is 0 Å². The second-order valence-electron chi connectivity index (χ2n) is 8.97. The first kappa shape index (κ1) is 28.3. The molecular weight excluding hydrogens is 498 g/mol. The molecule has 0 bridgehead atoms. The molecule has 0 spiro atoms. The molecule has 2 heterocycles.